The fraction of sp³-hybridized carbons (Fsp3) is 0.333. The van der Waals surface area contributed by atoms with E-state index in [2.05, 4.69) is 11.9 Å². The SMILES string of the molecule is C=CCN(Cc1cccs1)C(=O)C[NH+](C)CC(=O)Nc1cccc(C)c1C. The lowest BCUT2D eigenvalue weighted by molar-refractivity contribution is -0.862. The normalized spacial score (nSPS) is 11.7. The van der Waals surface area contributed by atoms with Gasteiger partial charge in [0.2, 0.25) is 0 Å². The number of amides is 2. The quantitative estimate of drug-likeness (QED) is 0.648. The molecule has 1 atom stereocenters. The summed E-state index contributed by atoms with van der Waals surface area (Å²) in [6.07, 6.45) is 1.73. The molecule has 0 spiro atoms. The molecule has 0 aliphatic heterocycles. The Bertz CT molecular complexity index is 787. The number of carbonyl (C=O) groups excluding carboxylic acids is 2. The Kier molecular flexibility index (Phi) is 7.76. The zero-order chi connectivity index (χ0) is 19.8. The van der Waals surface area contributed by atoms with Gasteiger partial charge in [-0.3, -0.25) is 9.59 Å². The third kappa shape index (κ3) is 6.34. The molecule has 1 unspecified atom stereocenters. The fourth-order valence-corrected chi connectivity index (χ4v) is 3.51. The summed E-state index contributed by atoms with van der Waals surface area (Å²) >= 11 is 1.63. The average Bonchev–Trinajstić information content (AvgIpc) is 3.11. The van der Waals surface area contributed by atoms with Crippen molar-refractivity contribution in [1.82, 2.24) is 4.90 Å². The molecule has 1 aromatic heterocycles. The number of nitrogens with one attached hydrogen (secondary N) is 2. The van der Waals surface area contributed by atoms with Crippen LogP contribution in [-0.4, -0.2) is 43.4 Å². The second-order valence-electron chi connectivity index (χ2n) is 6.75. The highest BCUT2D eigenvalue weighted by Gasteiger charge is 2.20. The Morgan fingerprint density at radius 3 is 2.67 bits per heavy atom. The summed E-state index contributed by atoms with van der Waals surface area (Å²) in [5.74, 6) is -0.0807. The molecule has 0 bridgehead atoms. The van der Waals surface area contributed by atoms with Crippen molar-refractivity contribution in [3.8, 4) is 0 Å². The average molecular weight is 387 g/mol. The Labute approximate surface area is 165 Å². The molecule has 0 saturated heterocycles. The second kappa shape index (κ2) is 10.0. The maximum absolute atomic E-state index is 12.6. The molecule has 144 valence electrons. The maximum Gasteiger partial charge on any atom is 0.279 e. The number of hydrogen-bond acceptors (Lipinski definition) is 3. The minimum Gasteiger partial charge on any atom is -0.329 e. The van der Waals surface area contributed by atoms with Gasteiger partial charge in [0.15, 0.2) is 13.1 Å². The molecule has 27 heavy (non-hydrogen) atoms. The zero-order valence-corrected chi connectivity index (χ0v) is 17.1. The van der Waals surface area contributed by atoms with Crippen molar-refractivity contribution in [1.29, 1.82) is 0 Å². The summed E-state index contributed by atoms with van der Waals surface area (Å²) < 4.78 is 0. The summed E-state index contributed by atoms with van der Waals surface area (Å²) in [4.78, 5) is 28.7. The lowest BCUT2D eigenvalue weighted by Gasteiger charge is -2.22. The van der Waals surface area contributed by atoms with Crippen molar-refractivity contribution in [3.05, 3.63) is 64.4 Å². The van der Waals surface area contributed by atoms with Gasteiger partial charge in [0.25, 0.3) is 11.8 Å². The molecule has 2 aromatic rings. The summed E-state index contributed by atoms with van der Waals surface area (Å²) in [6.45, 7) is 9.32. The second-order valence-corrected chi connectivity index (χ2v) is 7.78. The van der Waals surface area contributed by atoms with E-state index in [9.17, 15) is 9.59 Å². The Balaban J connectivity index is 1.89. The number of aryl methyl sites for hydroxylation is 1. The van der Waals surface area contributed by atoms with Crippen molar-refractivity contribution >= 4 is 28.8 Å². The van der Waals surface area contributed by atoms with Crippen LogP contribution in [0.15, 0.2) is 48.4 Å². The molecule has 2 rings (SSSR count). The van der Waals surface area contributed by atoms with E-state index in [0.29, 0.717) is 13.1 Å². The number of rotatable bonds is 9. The Morgan fingerprint density at radius 2 is 2.00 bits per heavy atom. The minimum absolute atomic E-state index is 0.0142. The highest BCUT2D eigenvalue weighted by atomic mass is 32.1. The first kappa shape index (κ1) is 20.9. The summed E-state index contributed by atoms with van der Waals surface area (Å²) in [7, 11) is 1.86. The van der Waals surface area contributed by atoms with Gasteiger partial charge in [-0.2, -0.15) is 0 Å². The van der Waals surface area contributed by atoms with E-state index in [1.165, 1.54) is 0 Å². The van der Waals surface area contributed by atoms with Crippen LogP contribution in [0, 0.1) is 13.8 Å². The van der Waals surface area contributed by atoms with Crippen LogP contribution in [0.2, 0.25) is 0 Å². The van der Waals surface area contributed by atoms with Crippen LogP contribution < -0.4 is 10.2 Å². The van der Waals surface area contributed by atoms with E-state index in [-0.39, 0.29) is 24.9 Å². The van der Waals surface area contributed by atoms with Crippen LogP contribution in [0.3, 0.4) is 0 Å². The van der Waals surface area contributed by atoms with Gasteiger partial charge in [0.05, 0.1) is 13.6 Å². The van der Waals surface area contributed by atoms with Gasteiger partial charge in [0.1, 0.15) is 0 Å². The van der Waals surface area contributed by atoms with Crippen molar-refractivity contribution in [2.24, 2.45) is 0 Å². The minimum atomic E-state index is -0.0949. The van der Waals surface area contributed by atoms with Gasteiger partial charge in [-0.25, -0.2) is 0 Å². The number of anilines is 1. The van der Waals surface area contributed by atoms with Crippen LogP contribution in [0.4, 0.5) is 5.69 Å². The van der Waals surface area contributed by atoms with Gasteiger partial charge in [-0.15, -0.1) is 17.9 Å². The molecule has 1 aromatic carbocycles. The topological polar surface area (TPSA) is 53.9 Å². The highest BCUT2D eigenvalue weighted by Crippen LogP contribution is 2.17. The lowest BCUT2D eigenvalue weighted by atomic mass is 10.1. The van der Waals surface area contributed by atoms with Crippen LogP contribution >= 0.6 is 11.3 Å². The monoisotopic (exact) mass is 386 g/mol. The molecule has 0 saturated carbocycles. The van der Waals surface area contributed by atoms with Crippen molar-refractivity contribution in [3.63, 3.8) is 0 Å². The van der Waals surface area contributed by atoms with Crippen molar-refractivity contribution in [2.45, 2.75) is 20.4 Å². The van der Waals surface area contributed by atoms with E-state index in [0.717, 1.165) is 26.6 Å². The Morgan fingerprint density at radius 1 is 1.22 bits per heavy atom. The number of carbonyl (C=O) groups is 2. The van der Waals surface area contributed by atoms with Gasteiger partial charge < -0.3 is 15.1 Å². The third-order valence-electron chi connectivity index (χ3n) is 4.42. The highest BCUT2D eigenvalue weighted by molar-refractivity contribution is 7.09. The Hall–Kier alpha value is -2.44. The molecular weight excluding hydrogens is 358 g/mol. The number of nitrogens with zero attached hydrogens (tertiary/aromatic N) is 1. The van der Waals surface area contributed by atoms with Crippen LogP contribution in [0.1, 0.15) is 16.0 Å². The smallest absolute Gasteiger partial charge is 0.279 e. The summed E-state index contributed by atoms with van der Waals surface area (Å²) in [6, 6.07) is 9.83. The molecule has 1 heterocycles. The number of benzene rings is 1. The van der Waals surface area contributed by atoms with Gasteiger partial charge in [-0.1, -0.05) is 24.3 Å². The maximum atomic E-state index is 12.6. The third-order valence-corrected chi connectivity index (χ3v) is 5.28. The predicted octanol–water partition coefficient (Wildman–Crippen LogP) is 2.03. The zero-order valence-electron chi connectivity index (χ0n) is 16.2. The molecule has 0 aliphatic rings. The van der Waals surface area contributed by atoms with E-state index in [1.807, 2.05) is 56.6 Å². The number of likely N-dealkylation sites (N-methyl/N-ethyl adjacent to an activating group) is 1. The van der Waals surface area contributed by atoms with Crippen molar-refractivity contribution < 1.29 is 14.5 Å². The van der Waals surface area contributed by atoms with Gasteiger partial charge in [-0.05, 0) is 42.5 Å². The first-order valence-corrected chi connectivity index (χ1v) is 9.87. The summed E-state index contributed by atoms with van der Waals surface area (Å²) in [5, 5.41) is 4.95. The van der Waals surface area contributed by atoms with Crippen LogP contribution in [0.5, 0.6) is 0 Å². The fourth-order valence-electron chi connectivity index (χ4n) is 2.79. The number of hydrogen-bond donors (Lipinski definition) is 2. The molecule has 5 nitrogen and oxygen atoms in total. The van der Waals surface area contributed by atoms with Crippen LogP contribution in [0.25, 0.3) is 0 Å². The molecule has 0 radical (unpaired) electrons. The van der Waals surface area contributed by atoms with Crippen molar-refractivity contribution in [2.75, 3.05) is 32.0 Å². The molecule has 6 heteroatoms. The first-order valence-electron chi connectivity index (χ1n) is 8.99. The largest absolute Gasteiger partial charge is 0.329 e. The lowest BCUT2D eigenvalue weighted by Crippen LogP contribution is -3.11. The molecule has 0 fully saturated rings. The number of quaternary nitrogens is 1. The standard InChI is InChI=1S/C21H27N3O2S/c1-5-11-24(13-18-9-7-12-27-18)21(26)15-23(4)14-20(25)22-19-10-6-8-16(2)17(19)3/h5-10,12H,1,11,13-15H2,2-4H3,(H,22,25)/p+1. The summed E-state index contributed by atoms with van der Waals surface area (Å²) in [5.41, 5.74) is 3.02. The van der Waals surface area contributed by atoms with E-state index in [1.54, 1.807) is 22.3 Å². The molecule has 2 amide bonds. The van der Waals surface area contributed by atoms with E-state index < -0.39 is 0 Å². The number of thiophene rings is 1. The van der Waals surface area contributed by atoms with E-state index >= 15 is 0 Å². The van der Waals surface area contributed by atoms with E-state index in [4.69, 9.17) is 0 Å². The molecule has 2 N–H and O–H groups in total. The molecular formula is C21H28N3O2S+. The van der Waals surface area contributed by atoms with Gasteiger partial charge in [0, 0.05) is 17.1 Å². The molecule has 0 aliphatic carbocycles. The van der Waals surface area contributed by atoms with Crippen LogP contribution in [-0.2, 0) is 16.1 Å². The van der Waals surface area contributed by atoms with Gasteiger partial charge >= 0.3 is 0 Å². The predicted molar refractivity (Wildman–Crippen MR) is 111 cm³/mol. The first-order chi connectivity index (χ1) is 12.9.